The van der Waals surface area contributed by atoms with Crippen LogP contribution in [0.25, 0.3) is 10.2 Å². The highest BCUT2D eigenvalue weighted by Gasteiger charge is 2.29. The van der Waals surface area contributed by atoms with E-state index in [1.165, 1.54) is 38.9 Å². The number of thiazole rings is 1. The second-order valence-corrected chi connectivity index (χ2v) is 11.9. The summed E-state index contributed by atoms with van der Waals surface area (Å²) < 4.78 is 30.7. The molecule has 4 rings (SSSR count). The fourth-order valence-corrected chi connectivity index (χ4v) is 6.97. The number of allylic oxidation sites excluding steroid dienone is 1. The van der Waals surface area contributed by atoms with E-state index in [-0.39, 0.29) is 10.9 Å². The van der Waals surface area contributed by atoms with Crippen molar-refractivity contribution in [1.29, 1.82) is 0 Å². The van der Waals surface area contributed by atoms with Crippen LogP contribution in [0.2, 0.25) is 0 Å². The van der Waals surface area contributed by atoms with Gasteiger partial charge >= 0.3 is 0 Å². The maximum atomic E-state index is 13.1. The van der Waals surface area contributed by atoms with Crippen molar-refractivity contribution in [3.63, 3.8) is 0 Å². The third-order valence-electron chi connectivity index (χ3n) is 6.67. The summed E-state index contributed by atoms with van der Waals surface area (Å²) >= 11 is 1.46. The smallest absolute Gasteiger partial charge is 0.279 e. The van der Waals surface area contributed by atoms with Gasteiger partial charge in [0.1, 0.15) is 0 Å². The van der Waals surface area contributed by atoms with E-state index < -0.39 is 15.9 Å². The van der Waals surface area contributed by atoms with Gasteiger partial charge in [-0.3, -0.25) is 4.79 Å². The molecule has 2 aromatic carbocycles. The van der Waals surface area contributed by atoms with Crippen molar-refractivity contribution in [2.75, 3.05) is 7.05 Å². The molecule has 34 heavy (non-hydrogen) atoms. The molecule has 1 aromatic heterocycles. The molecule has 1 fully saturated rings. The molecule has 0 aliphatic heterocycles. The Morgan fingerprint density at radius 1 is 1.15 bits per heavy atom. The molecule has 1 aliphatic carbocycles. The lowest BCUT2D eigenvalue weighted by atomic mass is 9.96. The molecule has 1 heterocycles. The lowest BCUT2D eigenvalue weighted by Gasteiger charge is -2.30. The average molecular weight is 498 g/mol. The number of carbonyl (C=O) groups is 1. The molecule has 0 atom stereocenters. The van der Waals surface area contributed by atoms with E-state index in [4.69, 9.17) is 0 Å². The molecule has 0 spiro atoms. The van der Waals surface area contributed by atoms with Crippen molar-refractivity contribution in [3.8, 4) is 0 Å². The van der Waals surface area contributed by atoms with E-state index >= 15 is 0 Å². The zero-order valence-corrected chi connectivity index (χ0v) is 21.6. The van der Waals surface area contributed by atoms with Gasteiger partial charge in [-0.25, -0.2) is 8.42 Å². The monoisotopic (exact) mass is 497 g/mol. The molecule has 3 aromatic rings. The Hall–Kier alpha value is -2.55. The van der Waals surface area contributed by atoms with Crippen molar-refractivity contribution in [2.45, 2.75) is 63.4 Å². The number of rotatable bonds is 6. The van der Waals surface area contributed by atoms with Crippen molar-refractivity contribution in [1.82, 2.24) is 8.87 Å². The van der Waals surface area contributed by atoms with Crippen LogP contribution in [0.3, 0.4) is 0 Å². The topological polar surface area (TPSA) is 71.7 Å². The number of aryl methyl sites for hydroxylation is 2. The average Bonchev–Trinajstić information content (AvgIpc) is 3.15. The highest BCUT2D eigenvalue weighted by molar-refractivity contribution is 7.89. The van der Waals surface area contributed by atoms with Gasteiger partial charge in [0.15, 0.2) is 4.80 Å². The Balaban J connectivity index is 1.64. The summed E-state index contributed by atoms with van der Waals surface area (Å²) in [7, 11) is -1.95. The van der Waals surface area contributed by atoms with Crippen molar-refractivity contribution >= 4 is 37.5 Å². The second kappa shape index (κ2) is 9.98. The maximum absolute atomic E-state index is 13.1. The molecule has 6 nitrogen and oxygen atoms in total. The summed E-state index contributed by atoms with van der Waals surface area (Å²) in [5, 5.41) is 0. The predicted octanol–water partition coefficient (Wildman–Crippen LogP) is 5.20. The molecular weight excluding hydrogens is 466 g/mol. The predicted molar refractivity (Wildman–Crippen MR) is 138 cm³/mol. The molecule has 0 saturated heterocycles. The molecule has 0 N–H and O–H groups in total. The van der Waals surface area contributed by atoms with Gasteiger partial charge < -0.3 is 4.57 Å². The van der Waals surface area contributed by atoms with Gasteiger partial charge in [-0.05, 0) is 74.2 Å². The number of hydrogen-bond donors (Lipinski definition) is 0. The first kappa shape index (κ1) is 24.6. The van der Waals surface area contributed by atoms with E-state index in [1.807, 2.05) is 4.57 Å². The van der Waals surface area contributed by atoms with Gasteiger partial charge in [-0.1, -0.05) is 36.7 Å². The van der Waals surface area contributed by atoms with Crippen molar-refractivity contribution in [2.24, 2.45) is 4.99 Å². The van der Waals surface area contributed by atoms with E-state index in [9.17, 15) is 13.2 Å². The van der Waals surface area contributed by atoms with Crippen LogP contribution in [0, 0.1) is 13.8 Å². The highest BCUT2D eigenvalue weighted by Crippen LogP contribution is 2.27. The van der Waals surface area contributed by atoms with E-state index in [2.05, 4.69) is 37.6 Å². The standard InChI is InChI=1S/C26H31N3O3S2/c1-5-15-29-23-16-18(2)19(3)17-24(23)33-26(29)27-25(30)20-11-13-22(14-12-20)34(31,32)28(4)21-9-7-6-8-10-21/h5,11-14,16-17,21H,1,6-10,15H2,2-4H3. The molecule has 1 amide bonds. The molecule has 0 bridgehead atoms. The Bertz CT molecular complexity index is 1390. The van der Waals surface area contributed by atoms with E-state index in [0.717, 1.165) is 42.3 Å². The normalized spacial score (nSPS) is 15.8. The van der Waals surface area contributed by atoms with Crippen LogP contribution < -0.4 is 4.80 Å². The fourth-order valence-electron chi connectivity index (χ4n) is 4.44. The van der Waals surface area contributed by atoms with Crippen molar-refractivity contribution < 1.29 is 13.2 Å². The zero-order chi connectivity index (χ0) is 24.5. The van der Waals surface area contributed by atoms with Crippen LogP contribution in [0.5, 0.6) is 0 Å². The first-order valence-corrected chi connectivity index (χ1v) is 13.9. The molecule has 0 unspecified atom stereocenters. The maximum Gasteiger partial charge on any atom is 0.279 e. The van der Waals surface area contributed by atoms with Gasteiger partial charge in [-0.2, -0.15) is 9.30 Å². The first-order chi connectivity index (χ1) is 16.2. The summed E-state index contributed by atoms with van der Waals surface area (Å²) in [5.74, 6) is -0.401. The van der Waals surface area contributed by atoms with Crippen LogP contribution >= 0.6 is 11.3 Å². The molecule has 1 aliphatic rings. The molecular formula is C26H31N3O3S2. The number of aromatic nitrogens is 1. The summed E-state index contributed by atoms with van der Waals surface area (Å²) in [6, 6.07) is 10.4. The number of benzene rings is 2. The van der Waals surface area contributed by atoms with Crippen LogP contribution in [0.4, 0.5) is 0 Å². The largest absolute Gasteiger partial charge is 0.312 e. The van der Waals surface area contributed by atoms with Gasteiger partial charge in [-0.15, -0.1) is 6.58 Å². The Morgan fingerprint density at radius 3 is 2.44 bits per heavy atom. The number of fused-ring (bicyclic) bond motifs is 1. The Labute approximate surface area is 205 Å². The van der Waals surface area contributed by atoms with E-state index in [0.29, 0.717) is 16.9 Å². The number of sulfonamides is 1. The second-order valence-electron chi connectivity index (χ2n) is 8.94. The SMILES string of the molecule is C=CCn1c(=NC(=O)c2ccc(S(=O)(=O)N(C)C3CCCCC3)cc2)sc2cc(C)c(C)cc21. The number of amides is 1. The number of carbonyl (C=O) groups excluding carboxylic acids is 1. The minimum absolute atomic E-state index is 0.0376. The number of nitrogens with zero attached hydrogens (tertiary/aromatic N) is 3. The van der Waals surface area contributed by atoms with Gasteiger partial charge in [0.05, 0.1) is 15.1 Å². The summed E-state index contributed by atoms with van der Waals surface area (Å²) in [6.07, 6.45) is 6.85. The molecule has 8 heteroatoms. The minimum atomic E-state index is -3.60. The van der Waals surface area contributed by atoms with Gasteiger partial charge in [0.25, 0.3) is 5.91 Å². The molecule has 1 saturated carbocycles. The third-order valence-corrected chi connectivity index (χ3v) is 9.64. The third kappa shape index (κ3) is 4.80. The highest BCUT2D eigenvalue weighted by atomic mass is 32.2. The lowest BCUT2D eigenvalue weighted by molar-refractivity contribution is 0.0997. The van der Waals surface area contributed by atoms with Crippen LogP contribution in [0.1, 0.15) is 53.6 Å². The first-order valence-electron chi connectivity index (χ1n) is 11.6. The Morgan fingerprint density at radius 2 is 1.79 bits per heavy atom. The zero-order valence-electron chi connectivity index (χ0n) is 20.0. The van der Waals surface area contributed by atoms with Crippen LogP contribution in [-0.4, -0.2) is 36.3 Å². The van der Waals surface area contributed by atoms with Gasteiger partial charge in [0.2, 0.25) is 10.0 Å². The fraction of sp³-hybridized carbons (Fsp3) is 0.385. The number of hydrogen-bond acceptors (Lipinski definition) is 4. The quantitative estimate of drug-likeness (QED) is 0.440. The van der Waals surface area contributed by atoms with E-state index in [1.54, 1.807) is 25.3 Å². The summed E-state index contributed by atoms with van der Waals surface area (Å²) in [5.41, 5.74) is 3.74. The summed E-state index contributed by atoms with van der Waals surface area (Å²) in [4.78, 5) is 18.1. The molecule has 180 valence electrons. The van der Waals surface area contributed by atoms with Crippen LogP contribution in [0.15, 0.2) is 58.9 Å². The Kier molecular flexibility index (Phi) is 7.21. The van der Waals surface area contributed by atoms with Gasteiger partial charge in [0, 0.05) is 25.2 Å². The molecule has 0 radical (unpaired) electrons. The summed E-state index contributed by atoms with van der Waals surface area (Å²) in [6.45, 7) is 8.51. The van der Waals surface area contributed by atoms with Crippen LogP contribution in [-0.2, 0) is 16.6 Å². The van der Waals surface area contributed by atoms with Crippen molar-refractivity contribution in [3.05, 3.63) is 70.5 Å². The minimum Gasteiger partial charge on any atom is -0.312 e. The lowest BCUT2D eigenvalue weighted by Crippen LogP contribution is -2.38.